The maximum Gasteiger partial charge on any atom is 0.228 e. The summed E-state index contributed by atoms with van der Waals surface area (Å²) in [5, 5.41) is 0. The minimum atomic E-state index is -0.334. The van der Waals surface area contributed by atoms with Gasteiger partial charge in [0.25, 0.3) is 0 Å². The Kier molecular flexibility index (Phi) is 6.91. The largest absolute Gasteiger partial charge is 0.496 e. The Morgan fingerprint density at radius 2 is 1.86 bits per heavy atom. The van der Waals surface area contributed by atoms with E-state index >= 15 is 0 Å². The van der Waals surface area contributed by atoms with Crippen molar-refractivity contribution in [3.63, 3.8) is 0 Å². The van der Waals surface area contributed by atoms with Gasteiger partial charge in [0, 0.05) is 51.8 Å². The Hall–Kier alpha value is -2.12. The van der Waals surface area contributed by atoms with Gasteiger partial charge in [-0.3, -0.25) is 9.59 Å². The SMILES string of the molecule is COCCN1C(=O)CC[C@@H](C(=O)N2CCN(C)CC2)[C@@H]1c1ccccc1OC. The Balaban J connectivity index is 1.94. The Labute approximate surface area is 167 Å². The predicted octanol–water partition coefficient (Wildman–Crippen LogP) is 1.40. The highest BCUT2D eigenvalue weighted by Gasteiger charge is 2.43. The van der Waals surface area contributed by atoms with Crippen molar-refractivity contribution >= 4 is 11.8 Å². The lowest BCUT2D eigenvalue weighted by molar-refractivity contribution is -0.149. The third-order valence-corrected chi connectivity index (χ3v) is 5.83. The number of hydrogen-bond donors (Lipinski definition) is 0. The predicted molar refractivity (Wildman–Crippen MR) is 106 cm³/mol. The highest BCUT2D eigenvalue weighted by Crippen LogP contribution is 2.41. The van der Waals surface area contributed by atoms with E-state index < -0.39 is 0 Å². The molecule has 0 radical (unpaired) electrons. The van der Waals surface area contributed by atoms with Crippen LogP contribution in [0.2, 0.25) is 0 Å². The van der Waals surface area contributed by atoms with Gasteiger partial charge in [-0.2, -0.15) is 0 Å². The molecule has 2 aliphatic heterocycles. The van der Waals surface area contributed by atoms with Crippen molar-refractivity contribution in [3.8, 4) is 5.75 Å². The lowest BCUT2D eigenvalue weighted by Crippen LogP contribution is -2.53. The number of likely N-dealkylation sites (tertiary alicyclic amines) is 1. The van der Waals surface area contributed by atoms with Crippen molar-refractivity contribution in [1.29, 1.82) is 0 Å². The third kappa shape index (κ3) is 4.31. The van der Waals surface area contributed by atoms with E-state index in [1.807, 2.05) is 34.1 Å². The summed E-state index contributed by atoms with van der Waals surface area (Å²) in [5.41, 5.74) is 0.890. The molecular weight excluding hydrogens is 358 g/mol. The highest BCUT2D eigenvalue weighted by molar-refractivity contribution is 5.85. The van der Waals surface area contributed by atoms with Crippen LogP contribution in [0, 0.1) is 5.92 Å². The molecule has 0 spiro atoms. The summed E-state index contributed by atoms with van der Waals surface area (Å²) in [7, 11) is 5.32. The number of amides is 2. The van der Waals surface area contributed by atoms with Crippen molar-refractivity contribution in [2.24, 2.45) is 5.92 Å². The zero-order valence-electron chi connectivity index (χ0n) is 17.1. The Bertz CT molecular complexity index is 688. The molecule has 0 unspecified atom stereocenters. The number of benzene rings is 1. The summed E-state index contributed by atoms with van der Waals surface area (Å²) < 4.78 is 10.8. The van der Waals surface area contributed by atoms with Crippen LogP contribution in [0.15, 0.2) is 24.3 Å². The first-order valence-corrected chi connectivity index (χ1v) is 9.95. The number of para-hydroxylation sites is 1. The van der Waals surface area contributed by atoms with Crippen molar-refractivity contribution in [3.05, 3.63) is 29.8 Å². The number of rotatable bonds is 6. The molecular formula is C21H31N3O4. The number of piperidine rings is 1. The fourth-order valence-electron chi connectivity index (χ4n) is 4.22. The van der Waals surface area contributed by atoms with E-state index in [1.54, 1.807) is 14.2 Å². The normalized spacial score (nSPS) is 23.8. The first-order valence-electron chi connectivity index (χ1n) is 9.95. The smallest absolute Gasteiger partial charge is 0.228 e. The van der Waals surface area contributed by atoms with E-state index in [4.69, 9.17) is 9.47 Å². The van der Waals surface area contributed by atoms with Gasteiger partial charge in [-0.15, -0.1) is 0 Å². The number of methoxy groups -OCH3 is 2. The summed E-state index contributed by atoms with van der Waals surface area (Å²) in [5.74, 6) is 0.643. The summed E-state index contributed by atoms with van der Waals surface area (Å²) in [6.07, 6.45) is 0.954. The van der Waals surface area contributed by atoms with E-state index in [0.29, 0.717) is 31.7 Å². The average Bonchev–Trinajstić information content (AvgIpc) is 2.72. The molecule has 154 valence electrons. The molecule has 2 saturated heterocycles. The number of ether oxygens (including phenoxy) is 2. The van der Waals surface area contributed by atoms with Crippen molar-refractivity contribution in [2.45, 2.75) is 18.9 Å². The van der Waals surface area contributed by atoms with Crippen LogP contribution in [0.5, 0.6) is 5.75 Å². The standard InChI is InChI=1S/C21H31N3O4/c1-22-10-12-23(13-11-22)21(26)17-8-9-19(25)24(14-15-27-2)20(17)16-6-4-5-7-18(16)28-3/h4-7,17,20H,8-15H2,1-3H3/t17-,20+/m1/s1. The van der Waals surface area contributed by atoms with Crippen molar-refractivity contribution in [1.82, 2.24) is 14.7 Å². The highest BCUT2D eigenvalue weighted by atomic mass is 16.5. The first kappa shape index (κ1) is 20.6. The molecule has 0 N–H and O–H groups in total. The number of carbonyl (C=O) groups is 2. The number of carbonyl (C=O) groups excluding carboxylic acids is 2. The van der Waals surface area contributed by atoms with Gasteiger partial charge < -0.3 is 24.2 Å². The molecule has 2 amide bonds. The van der Waals surface area contributed by atoms with Crippen molar-refractivity contribution < 1.29 is 19.1 Å². The van der Waals surface area contributed by atoms with Gasteiger partial charge in [0.05, 0.1) is 25.7 Å². The molecule has 2 atom stereocenters. The van der Waals surface area contributed by atoms with Crippen LogP contribution in [0.4, 0.5) is 0 Å². The number of likely N-dealkylation sites (N-methyl/N-ethyl adjacent to an activating group) is 1. The topological polar surface area (TPSA) is 62.3 Å². The van der Waals surface area contributed by atoms with Gasteiger partial charge in [-0.05, 0) is 19.5 Å². The van der Waals surface area contributed by atoms with Gasteiger partial charge in [-0.25, -0.2) is 0 Å². The van der Waals surface area contributed by atoms with Crippen LogP contribution in [0.25, 0.3) is 0 Å². The number of nitrogens with zero attached hydrogens (tertiary/aromatic N) is 3. The lowest BCUT2D eigenvalue weighted by Gasteiger charge is -2.43. The van der Waals surface area contributed by atoms with Crippen LogP contribution in [-0.2, 0) is 14.3 Å². The number of piperazine rings is 1. The van der Waals surface area contributed by atoms with E-state index in [9.17, 15) is 9.59 Å². The van der Waals surface area contributed by atoms with Gasteiger partial charge in [0.1, 0.15) is 5.75 Å². The minimum absolute atomic E-state index is 0.0652. The molecule has 0 saturated carbocycles. The van der Waals surface area contributed by atoms with E-state index in [2.05, 4.69) is 11.9 Å². The molecule has 2 fully saturated rings. The minimum Gasteiger partial charge on any atom is -0.496 e. The van der Waals surface area contributed by atoms with Crippen LogP contribution < -0.4 is 4.74 Å². The van der Waals surface area contributed by atoms with E-state index in [-0.39, 0.29) is 23.8 Å². The molecule has 0 bridgehead atoms. The summed E-state index contributed by atoms with van der Waals surface area (Å²) >= 11 is 0. The monoisotopic (exact) mass is 389 g/mol. The van der Waals surface area contributed by atoms with Gasteiger partial charge >= 0.3 is 0 Å². The average molecular weight is 389 g/mol. The van der Waals surface area contributed by atoms with Gasteiger partial charge in [0.2, 0.25) is 11.8 Å². The lowest BCUT2D eigenvalue weighted by atomic mass is 9.82. The second-order valence-electron chi connectivity index (χ2n) is 7.54. The molecule has 3 rings (SSSR count). The zero-order chi connectivity index (χ0) is 20.1. The molecule has 0 aliphatic carbocycles. The fraction of sp³-hybridized carbons (Fsp3) is 0.619. The fourth-order valence-corrected chi connectivity index (χ4v) is 4.22. The summed E-state index contributed by atoms with van der Waals surface area (Å²) in [6.45, 7) is 4.12. The number of hydrogen-bond acceptors (Lipinski definition) is 5. The molecule has 2 aliphatic rings. The first-order chi connectivity index (χ1) is 13.6. The molecule has 7 nitrogen and oxygen atoms in total. The Morgan fingerprint density at radius 3 is 2.54 bits per heavy atom. The molecule has 2 heterocycles. The third-order valence-electron chi connectivity index (χ3n) is 5.83. The zero-order valence-corrected chi connectivity index (χ0v) is 17.1. The quantitative estimate of drug-likeness (QED) is 0.736. The van der Waals surface area contributed by atoms with Gasteiger partial charge in [-0.1, -0.05) is 18.2 Å². The molecule has 1 aromatic carbocycles. The maximum atomic E-state index is 13.5. The maximum absolute atomic E-state index is 13.5. The summed E-state index contributed by atoms with van der Waals surface area (Å²) in [6, 6.07) is 7.36. The Morgan fingerprint density at radius 1 is 1.14 bits per heavy atom. The summed E-state index contributed by atoms with van der Waals surface area (Å²) in [4.78, 5) is 32.2. The molecule has 28 heavy (non-hydrogen) atoms. The van der Waals surface area contributed by atoms with Crippen LogP contribution in [0.1, 0.15) is 24.4 Å². The van der Waals surface area contributed by atoms with Gasteiger partial charge in [0.15, 0.2) is 0 Å². The molecule has 1 aromatic rings. The van der Waals surface area contributed by atoms with E-state index in [0.717, 1.165) is 31.7 Å². The van der Waals surface area contributed by atoms with Crippen LogP contribution in [-0.4, -0.2) is 87.1 Å². The van der Waals surface area contributed by atoms with E-state index in [1.165, 1.54) is 0 Å². The second-order valence-corrected chi connectivity index (χ2v) is 7.54. The van der Waals surface area contributed by atoms with Crippen LogP contribution in [0.3, 0.4) is 0 Å². The molecule has 7 heteroatoms. The second kappa shape index (κ2) is 9.39. The molecule has 0 aromatic heterocycles. The van der Waals surface area contributed by atoms with Crippen LogP contribution >= 0.6 is 0 Å². The van der Waals surface area contributed by atoms with Crippen molar-refractivity contribution in [2.75, 3.05) is 60.6 Å².